The van der Waals surface area contributed by atoms with Crippen molar-refractivity contribution >= 4 is 0 Å². The van der Waals surface area contributed by atoms with Crippen LogP contribution in [0, 0.1) is 30.6 Å². The number of allylic oxidation sites excluding steroid dienone is 1. The molecule has 0 radical (unpaired) electrons. The summed E-state index contributed by atoms with van der Waals surface area (Å²) in [5, 5.41) is 17.8. The molecule has 1 aliphatic heterocycles. The van der Waals surface area contributed by atoms with Crippen LogP contribution in [0.15, 0.2) is 16.1 Å². The van der Waals surface area contributed by atoms with Crippen LogP contribution in [0.3, 0.4) is 0 Å². The number of hydrogen-bond donors (Lipinski definition) is 1. The van der Waals surface area contributed by atoms with Gasteiger partial charge in [-0.1, -0.05) is 25.5 Å². The molecular formula is C20H33N3O2. The first kappa shape index (κ1) is 18.6. The van der Waals surface area contributed by atoms with Crippen molar-refractivity contribution in [3.8, 4) is 0 Å². The second-order valence-corrected chi connectivity index (χ2v) is 8.31. The molecule has 5 nitrogen and oxygen atoms in total. The van der Waals surface area contributed by atoms with E-state index in [0.717, 1.165) is 31.8 Å². The highest BCUT2D eigenvalue weighted by molar-refractivity contribution is 5.14. The Kier molecular flexibility index (Phi) is 5.95. The van der Waals surface area contributed by atoms with Gasteiger partial charge in [-0.25, -0.2) is 0 Å². The van der Waals surface area contributed by atoms with Crippen molar-refractivity contribution in [3.63, 3.8) is 0 Å². The van der Waals surface area contributed by atoms with Crippen LogP contribution in [0.4, 0.5) is 0 Å². The molecule has 3 rings (SSSR count). The standard InChI is InChI=1S/C20H33N3O2/c1-13(2)19-9-16(10-20-22-21-15(4)25-20)14(3)8-17(19)11-23-7-5-6-18(23)12-24/h8,13,16-19,24H,5-7,9-12H2,1-4H3. The van der Waals surface area contributed by atoms with Gasteiger partial charge in [-0.3, -0.25) is 4.90 Å². The molecule has 0 spiro atoms. The summed E-state index contributed by atoms with van der Waals surface area (Å²) in [4.78, 5) is 2.51. The van der Waals surface area contributed by atoms with Crippen molar-refractivity contribution in [1.82, 2.24) is 15.1 Å². The van der Waals surface area contributed by atoms with Gasteiger partial charge < -0.3 is 9.52 Å². The van der Waals surface area contributed by atoms with Crippen molar-refractivity contribution in [2.45, 2.75) is 59.4 Å². The summed E-state index contributed by atoms with van der Waals surface area (Å²) in [6.45, 7) is 11.3. The van der Waals surface area contributed by atoms with E-state index in [9.17, 15) is 5.11 Å². The van der Waals surface area contributed by atoms with Gasteiger partial charge in [0, 0.05) is 25.9 Å². The average Bonchev–Trinajstić information content (AvgIpc) is 3.18. The fraction of sp³-hybridized carbons (Fsp3) is 0.800. The average molecular weight is 348 g/mol. The van der Waals surface area contributed by atoms with Crippen LogP contribution in [0.25, 0.3) is 0 Å². The van der Waals surface area contributed by atoms with Crippen LogP contribution in [0.1, 0.15) is 51.8 Å². The van der Waals surface area contributed by atoms with Crippen molar-refractivity contribution in [3.05, 3.63) is 23.4 Å². The van der Waals surface area contributed by atoms with Gasteiger partial charge in [0.1, 0.15) is 0 Å². The van der Waals surface area contributed by atoms with Crippen LogP contribution in [-0.4, -0.2) is 45.9 Å². The molecule has 0 bridgehead atoms. The smallest absolute Gasteiger partial charge is 0.217 e. The largest absolute Gasteiger partial charge is 0.426 e. The number of aryl methyl sites for hydroxylation is 1. The molecule has 1 N–H and O–H groups in total. The Labute approximate surface area is 151 Å². The minimum Gasteiger partial charge on any atom is -0.426 e. The maximum absolute atomic E-state index is 9.62. The summed E-state index contributed by atoms with van der Waals surface area (Å²) < 4.78 is 5.61. The van der Waals surface area contributed by atoms with Crippen LogP contribution in [-0.2, 0) is 6.42 Å². The Hall–Kier alpha value is -1.20. The first-order chi connectivity index (χ1) is 12.0. The Bertz CT molecular complexity index is 596. The lowest BCUT2D eigenvalue weighted by Crippen LogP contribution is -2.40. The van der Waals surface area contributed by atoms with E-state index in [1.54, 1.807) is 0 Å². The molecule has 5 heteroatoms. The van der Waals surface area contributed by atoms with Gasteiger partial charge in [-0.2, -0.15) is 0 Å². The maximum Gasteiger partial charge on any atom is 0.217 e. The molecule has 1 aliphatic carbocycles. The van der Waals surface area contributed by atoms with Gasteiger partial charge >= 0.3 is 0 Å². The lowest BCUT2D eigenvalue weighted by Gasteiger charge is -2.39. The quantitative estimate of drug-likeness (QED) is 0.801. The minimum absolute atomic E-state index is 0.293. The predicted octanol–water partition coefficient (Wildman–Crippen LogP) is 3.23. The molecule has 2 aliphatic rings. The second kappa shape index (κ2) is 8.00. The monoisotopic (exact) mass is 347 g/mol. The van der Waals surface area contributed by atoms with Crippen molar-refractivity contribution in [2.75, 3.05) is 19.7 Å². The molecule has 2 heterocycles. The van der Waals surface area contributed by atoms with Crippen LogP contribution in [0.5, 0.6) is 0 Å². The summed E-state index contributed by atoms with van der Waals surface area (Å²) in [6.07, 6.45) is 6.88. The summed E-state index contributed by atoms with van der Waals surface area (Å²) in [7, 11) is 0. The van der Waals surface area contributed by atoms with Gasteiger partial charge in [0.25, 0.3) is 0 Å². The summed E-state index contributed by atoms with van der Waals surface area (Å²) in [5.41, 5.74) is 1.46. The minimum atomic E-state index is 0.293. The zero-order valence-corrected chi connectivity index (χ0v) is 16.1. The number of aliphatic hydroxyl groups is 1. The van der Waals surface area contributed by atoms with E-state index in [1.807, 2.05) is 6.92 Å². The predicted molar refractivity (Wildman–Crippen MR) is 98.1 cm³/mol. The summed E-state index contributed by atoms with van der Waals surface area (Å²) in [6, 6.07) is 0.362. The zero-order valence-electron chi connectivity index (χ0n) is 16.1. The molecule has 0 amide bonds. The maximum atomic E-state index is 9.62. The fourth-order valence-electron chi connectivity index (χ4n) is 4.73. The number of aromatic nitrogens is 2. The zero-order chi connectivity index (χ0) is 18.0. The second-order valence-electron chi connectivity index (χ2n) is 8.31. The number of aliphatic hydroxyl groups excluding tert-OH is 1. The van der Waals surface area contributed by atoms with Gasteiger partial charge in [0.05, 0.1) is 6.61 Å². The normalized spacial score (nSPS) is 30.9. The Morgan fingerprint density at radius 1 is 1.32 bits per heavy atom. The van der Waals surface area contributed by atoms with E-state index >= 15 is 0 Å². The summed E-state index contributed by atoms with van der Waals surface area (Å²) >= 11 is 0. The van der Waals surface area contributed by atoms with E-state index in [-0.39, 0.29) is 0 Å². The third-order valence-electron chi connectivity index (χ3n) is 6.23. The van der Waals surface area contributed by atoms with Crippen LogP contribution < -0.4 is 0 Å². The third-order valence-corrected chi connectivity index (χ3v) is 6.23. The summed E-state index contributed by atoms with van der Waals surface area (Å²) in [5.74, 6) is 3.79. The van der Waals surface area contributed by atoms with Gasteiger partial charge in [-0.15, -0.1) is 10.2 Å². The topological polar surface area (TPSA) is 62.4 Å². The lowest BCUT2D eigenvalue weighted by molar-refractivity contribution is 0.117. The Morgan fingerprint density at radius 3 is 2.76 bits per heavy atom. The number of nitrogens with zero attached hydrogens (tertiary/aromatic N) is 3. The van der Waals surface area contributed by atoms with E-state index < -0.39 is 0 Å². The highest BCUT2D eigenvalue weighted by Gasteiger charge is 2.35. The molecular weight excluding hydrogens is 314 g/mol. The van der Waals surface area contributed by atoms with Gasteiger partial charge in [0.15, 0.2) is 0 Å². The van der Waals surface area contributed by atoms with Crippen molar-refractivity contribution in [1.29, 1.82) is 0 Å². The van der Waals surface area contributed by atoms with Gasteiger partial charge in [-0.05, 0) is 56.4 Å². The van der Waals surface area contributed by atoms with E-state index in [2.05, 4.69) is 41.9 Å². The van der Waals surface area contributed by atoms with E-state index in [0.29, 0.717) is 42.2 Å². The van der Waals surface area contributed by atoms with E-state index in [4.69, 9.17) is 4.42 Å². The third kappa shape index (κ3) is 4.32. The molecule has 25 heavy (non-hydrogen) atoms. The Balaban J connectivity index is 1.72. The molecule has 4 unspecified atom stereocenters. The highest BCUT2D eigenvalue weighted by Crippen LogP contribution is 2.39. The first-order valence-corrected chi connectivity index (χ1v) is 9.80. The molecule has 1 aromatic rings. The molecule has 1 aromatic heterocycles. The molecule has 140 valence electrons. The first-order valence-electron chi connectivity index (χ1n) is 9.80. The van der Waals surface area contributed by atoms with Crippen molar-refractivity contribution < 1.29 is 9.52 Å². The fourth-order valence-corrected chi connectivity index (χ4v) is 4.73. The van der Waals surface area contributed by atoms with Gasteiger partial charge in [0.2, 0.25) is 11.8 Å². The molecule has 4 atom stereocenters. The number of hydrogen-bond acceptors (Lipinski definition) is 5. The van der Waals surface area contributed by atoms with Crippen LogP contribution in [0.2, 0.25) is 0 Å². The Morgan fingerprint density at radius 2 is 2.12 bits per heavy atom. The molecule has 0 aromatic carbocycles. The number of rotatable bonds is 6. The molecule has 1 saturated heterocycles. The molecule has 1 fully saturated rings. The number of likely N-dealkylation sites (tertiary alicyclic amines) is 1. The van der Waals surface area contributed by atoms with Crippen LogP contribution >= 0.6 is 0 Å². The lowest BCUT2D eigenvalue weighted by atomic mass is 9.69. The SMILES string of the molecule is CC1=CC(CN2CCCC2CO)C(C(C)C)CC1Cc1nnc(C)o1. The molecule has 0 saturated carbocycles. The highest BCUT2D eigenvalue weighted by atomic mass is 16.4. The van der Waals surface area contributed by atoms with Crippen molar-refractivity contribution in [2.24, 2.45) is 23.7 Å². The van der Waals surface area contributed by atoms with E-state index in [1.165, 1.54) is 18.4 Å².